The van der Waals surface area contributed by atoms with E-state index in [1.165, 1.54) is 7.11 Å². The Hall–Kier alpha value is -1.31. The van der Waals surface area contributed by atoms with Gasteiger partial charge in [-0.2, -0.15) is 13.2 Å². The van der Waals surface area contributed by atoms with E-state index >= 15 is 0 Å². The number of carboxylic acids is 1. The van der Waals surface area contributed by atoms with Crippen molar-refractivity contribution in [1.82, 2.24) is 5.32 Å². The van der Waals surface area contributed by atoms with Gasteiger partial charge < -0.3 is 15.2 Å². The van der Waals surface area contributed by atoms with E-state index in [0.29, 0.717) is 12.8 Å². The van der Waals surface area contributed by atoms with Crippen LogP contribution in [-0.2, 0) is 14.3 Å². The zero-order valence-corrected chi connectivity index (χ0v) is 11.8. The van der Waals surface area contributed by atoms with Crippen LogP contribution in [-0.4, -0.2) is 42.9 Å². The second-order valence-corrected chi connectivity index (χ2v) is 5.22. The zero-order chi connectivity index (χ0) is 16.0. The van der Waals surface area contributed by atoms with Gasteiger partial charge in [0.05, 0.1) is 5.92 Å². The van der Waals surface area contributed by atoms with Gasteiger partial charge in [0.15, 0.2) is 0 Å². The first-order chi connectivity index (χ1) is 9.77. The number of halogens is 3. The minimum Gasteiger partial charge on any atom is -0.480 e. The smallest absolute Gasteiger partial charge is 0.392 e. The molecule has 0 heterocycles. The molecule has 0 aliphatic heterocycles. The summed E-state index contributed by atoms with van der Waals surface area (Å²) in [5.41, 5.74) is 0. The third kappa shape index (κ3) is 5.18. The molecule has 1 saturated carbocycles. The van der Waals surface area contributed by atoms with Crippen LogP contribution in [0, 0.1) is 11.8 Å². The monoisotopic (exact) mass is 311 g/mol. The maximum absolute atomic E-state index is 12.9. The van der Waals surface area contributed by atoms with E-state index in [2.05, 4.69) is 5.32 Å². The summed E-state index contributed by atoms with van der Waals surface area (Å²) in [5.74, 6) is -5.01. The van der Waals surface area contributed by atoms with Crippen molar-refractivity contribution in [2.45, 2.75) is 44.3 Å². The number of rotatable bonds is 6. The number of methoxy groups -OCH3 is 1. The molecule has 0 aromatic heterocycles. The first kappa shape index (κ1) is 17.7. The Morgan fingerprint density at radius 3 is 2.48 bits per heavy atom. The van der Waals surface area contributed by atoms with Crippen molar-refractivity contribution in [1.29, 1.82) is 0 Å². The number of hydrogen-bond acceptors (Lipinski definition) is 3. The number of alkyl halides is 3. The van der Waals surface area contributed by atoms with E-state index in [1.54, 1.807) is 0 Å². The van der Waals surface area contributed by atoms with Gasteiger partial charge in [-0.05, 0) is 12.8 Å². The molecular formula is C13H20F3NO4. The molecule has 3 atom stereocenters. The van der Waals surface area contributed by atoms with E-state index in [0.717, 1.165) is 0 Å². The van der Waals surface area contributed by atoms with Crippen molar-refractivity contribution in [3.8, 4) is 0 Å². The van der Waals surface area contributed by atoms with Gasteiger partial charge in [0, 0.05) is 26.1 Å². The van der Waals surface area contributed by atoms with Crippen LogP contribution >= 0.6 is 0 Å². The Morgan fingerprint density at radius 2 is 1.95 bits per heavy atom. The first-order valence-corrected chi connectivity index (χ1v) is 6.86. The Morgan fingerprint density at radius 1 is 1.33 bits per heavy atom. The largest absolute Gasteiger partial charge is 0.480 e. The maximum Gasteiger partial charge on any atom is 0.392 e. The molecule has 2 N–H and O–H groups in total. The van der Waals surface area contributed by atoms with Crippen LogP contribution in [0.4, 0.5) is 13.2 Å². The van der Waals surface area contributed by atoms with Gasteiger partial charge in [-0.1, -0.05) is 12.8 Å². The zero-order valence-electron chi connectivity index (χ0n) is 11.8. The minimum absolute atomic E-state index is 0.0149. The Balaban J connectivity index is 2.72. The van der Waals surface area contributed by atoms with Crippen molar-refractivity contribution in [3.63, 3.8) is 0 Å². The van der Waals surface area contributed by atoms with Crippen molar-refractivity contribution in [3.05, 3.63) is 0 Å². The summed E-state index contributed by atoms with van der Waals surface area (Å²) < 4.78 is 43.5. The summed E-state index contributed by atoms with van der Waals surface area (Å²) in [5, 5.41) is 11.2. The fraction of sp³-hybridized carbons (Fsp3) is 0.846. The highest BCUT2D eigenvalue weighted by Crippen LogP contribution is 2.41. The number of carbonyl (C=O) groups excluding carboxylic acids is 1. The second-order valence-electron chi connectivity index (χ2n) is 5.22. The van der Waals surface area contributed by atoms with E-state index in [9.17, 15) is 22.8 Å². The Kier molecular flexibility index (Phi) is 6.44. The van der Waals surface area contributed by atoms with Gasteiger partial charge in [-0.3, -0.25) is 4.79 Å². The van der Waals surface area contributed by atoms with Gasteiger partial charge in [0.2, 0.25) is 5.91 Å². The quantitative estimate of drug-likeness (QED) is 0.786. The average molecular weight is 311 g/mol. The molecule has 0 bridgehead atoms. The first-order valence-electron chi connectivity index (χ1n) is 6.86. The molecule has 0 aromatic rings. The minimum atomic E-state index is -4.44. The van der Waals surface area contributed by atoms with Crippen LogP contribution in [0.15, 0.2) is 0 Å². The number of hydrogen-bond donors (Lipinski definition) is 2. The molecule has 5 nitrogen and oxygen atoms in total. The molecule has 1 amide bonds. The summed E-state index contributed by atoms with van der Waals surface area (Å²) in [6.07, 6.45) is -3.40. The van der Waals surface area contributed by atoms with E-state index in [-0.39, 0.29) is 25.9 Å². The van der Waals surface area contributed by atoms with Crippen LogP contribution in [0.2, 0.25) is 0 Å². The lowest BCUT2D eigenvalue weighted by Gasteiger charge is -2.32. The topological polar surface area (TPSA) is 75.6 Å². The standard InChI is InChI=1S/C13H20F3NO4/c1-21-7-6-10(12(19)20)17-11(18)8-4-2-3-5-9(8)13(14,15)16/h8-10H,2-7H2,1H3,(H,17,18)(H,19,20). The molecule has 21 heavy (non-hydrogen) atoms. The lowest BCUT2D eigenvalue weighted by Crippen LogP contribution is -2.48. The van der Waals surface area contributed by atoms with Crippen LogP contribution in [0.3, 0.4) is 0 Å². The molecule has 1 fully saturated rings. The summed E-state index contributed by atoms with van der Waals surface area (Å²) in [7, 11) is 1.38. The van der Waals surface area contributed by atoms with Crippen molar-refractivity contribution < 1.29 is 32.6 Å². The molecule has 3 unspecified atom stereocenters. The Bertz CT molecular complexity index is 373. The molecule has 1 aliphatic rings. The third-order valence-electron chi connectivity index (χ3n) is 3.75. The highest BCUT2D eigenvalue weighted by atomic mass is 19.4. The van der Waals surface area contributed by atoms with Gasteiger partial charge >= 0.3 is 12.1 Å². The van der Waals surface area contributed by atoms with Gasteiger partial charge in [-0.15, -0.1) is 0 Å². The number of amides is 1. The maximum atomic E-state index is 12.9. The molecule has 122 valence electrons. The highest BCUT2D eigenvalue weighted by Gasteiger charge is 2.48. The highest BCUT2D eigenvalue weighted by molar-refractivity contribution is 5.85. The third-order valence-corrected chi connectivity index (χ3v) is 3.75. The number of nitrogens with one attached hydrogen (secondary N) is 1. The van der Waals surface area contributed by atoms with Crippen LogP contribution < -0.4 is 5.32 Å². The summed E-state index contributed by atoms with van der Waals surface area (Å²) >= 11 is 0. The summed E-state index contributed by atoms with van der Waals surface area (Å²) in [6, 6.07) is -1.23. The van der Waals surface area contributed by atoms with Gasteiger partial charge in [0.1, 0.15) is 6.04 Å². The number of carbonyl (C=O) groups is 2. The van der Waals surface area contributed by atoms with Crippen LogP contribution in [0.25, 0.3) is 0 Å². The molecule has 0 radical (unpaired) electrons. The average Bonchev–Trinajstić information content (AvgIpc) is 2.42. The molecule has 0 saturated heterocycles. The summed E-state index contributed by atoms with van der Waals surface area (Å²) in [4.78, 5) is 23.0. The molecule has 1 rings (SSSR count). The molecule has 0 spiro atoms. The molecule has 0 aromatic carbocycles. The molecular weight excluding hydrogens is 291 g/mol. The van der Waals surface area contributed by atoms with E-state index < -0.39 is 35.9 Å². The van der Waals surface area contributed by atoms with E-state index in [4.69, 9.17) is 9.84 Å². The fourth-order valence-corrected chi connectivity index (χ4v) is 2.61. The predicted molar refractivity (Wildman–Crippen MR) is 67.6 cm³/mol. The Labute approximate surface area is 120 Å². The second kappa shape index (κ2) is 7.63. The normalized spacial score (nSPS) is 24.4. The fourth-order valence-electron chi connectivity index (χ4n) is 2.61. The predicted octanol–water partition coefficient (Wildman–Crippen LogP) is 1.96. The van der Waals surface area contributed by atoms with Crippen molar-refractivity contribution >= 4 is 11.9 Å². The van der Waals surface area contributed by atoms with Crippen molar-refractivity contribution in [2.24, 2.45) is 11.8 Å². The SMILES string of the molecule is COCCC(NC(=O)C1CCCCC1C(F)(F)F)C(=O)O. The molecule has 1 aliphatic carbocycles. The van der Waals surface area contributed by atoms with Crippen LogP contribution in [0.1, 0.15) is 32.1 Å². The number of ether oxygens (including phenoxy) is 1. The number of carboxylic acid groups (broad SMARTS) is 1. The van der Waals surface area contributed by atoms with Crippen LogP contribution in [0.5, 0.6) is 0 Å². The van der Waals surface area contributed by atoms with Gasteiger partial charge in [-0.25, -0.2) is 4.79 Å². The number of aliphatic carboxylic acids is 1. The van der Waals surface area contributed by atoms with E-state index in [1.807, 2.05) is 0 Å². The lowest BCUT2D eigenvalue weighted by atomic mass is 9.78. The van der Waals surface area contributed by atoms with Gasteiger partial charge in [0.25, 0.3) is 0 Å². The lowest BCUT2D eigenvalue weighted by molar-refractivity contribution is -0.198. The summed E-state index contributed by atoms with van der Waals surface area (Å²) in [6.45, 7) is 0.102. The molecule has 8 heteroatoms. The van der Waals surface area contributed by atoms with Crippen molar-refractivity contribution in [2.75, 3.05) is 13.7 Å².